The number of allylic oxidation sites excluding steroid dienone is 3. The minimum atomic E-state index is -0.255. The molecule has 0 radical (unpaired) electrons. The molecule has 0 aromatic heterocycles. The van der Waals surface area contributed by atoms with Crippen molar-refractivity contribution in [2.24, 2.45) is 5.73 Å². The lowest BCUT2D eigenvalue weighted by Crippen LogP contribution is -2.19. The Kier molecular flexibility index (Phi) is 5.01. The molecule has 0 amide bonds. The van der Waals surface area contributed by atoms with Gasteiger partial charge in [-0.15, -0.1) is 0 Å². The van der Waals surface area contributed by atoms with Gasteiger partial charge in [-0.1, -0.05) is 42.1 Å². The Morgan fingerprint density at radius 3 is 2.40 bits per heavy atom. The Bertz CT molecular complexity index is 865. The van der Waals surface area contributed by atoms with E-state index in [0.29, 0.717) is 11.3 Å². The third-order valence-corrected chi connectivity index (χ3v) is 5.22. The van der Waals surface area contributed by atoms with Crippen molar-refractivity contribution in [3.05, 3.63) is 82.3 Å². The third kappa shape index (κ3) is 3.49. The summed E-state index contributed by atoms with van der Waals surface area (Å²) in [6.45, 7) is 1.88. The molecular formula is C20H18N2O2S. The number of ether oxygens (including phenoxy) is 2. The van der Waals surface area contributed by atoms with Gasteiger partial charge in [0.1, 0.15) is 23.2 Å². The molecule has 1 heterocycles. The van der Waals surface area contributed by atoms with Gasteiger partial charge in [0, 0.05) is 9.80 Å². The van der Waals surface area contributed by atoms with Gasteiger partial charge in [0.05, 0.1) is 13.0 Å². The van der Waals surface area contributed by atoms with Crippen molar-refractivity contribution in [3.63, 3.8) is 0 Å². The number of hydrogen-bond acceptors (Lipinski definition) is 5. The summed E-state index contributed by atoms with van der Waals surface area (Å²) in [5.41, 5.74) is 7.38. The number of benzene rings is 2. The lowest BCUT2D eigenvalue weighted by atomic mass is 9.89. The first-order valence-electron chi connectivity index (χ1n) is 7.79. The van der Waals surface area contributed by atoms with Crippen molar-refractivity contribution in [1.82, 2.24) is 0 Å². The van der Waals surface area contributed by atoms with Crippen molar-refractivity contribution in [1.29, 1.82) is 5.26 Å². The van der Waals surface area contributed by atoms with Gasteiger partial charge in [0.25, 0.3) is 0 Å². The standard InChI is InChI=1S/C20H18N2O2S/c1-13-19(25-16-6-4-3-5-7-16)18(17(12-21)20(22)24-13)14-8-10-15(23-2)11-9-14/h3-11,18H,22H2,1-2H3. The number of hydrogen-bond donors (Lipinski definition) is 1. The van der Waals surface area contributed by atoms with Crippen molar-refractivity contribution in [2.75, 3.05) is 7.11 Å². The highest BCUT2D eigenvalue weighted by Crippen LogP contribution is 2.46. The monoisotopic (exact) mass is 350 g/mol. The van der Waals surface area contributed by atoms with Crippen molar-refractivity contribution in [3.8, 4) is 11.8 Å². The molecule has 2 N–H and O–H groups in total. The second kappa shape index (κ2) is 7.37. The van der Waals surface area contributed by atoms with Gasteiger partial charge in [0.2, 0.25) is 5.88 Å². The summed E-state index contributed by atoms with van der Waals surface area (Å²) in [4.78, 5) is 2.04. The number of rotatable bonds is 4. The van der Waals surface area contributed by atoms with Crippen molar-refractivity contribution >= 4 is 11.8 Å². The summed E-state index contributed by atoms with van der Waals surface area (Å²) >= 11 is 1.59. The number of thioether (sulfide) groups is 1. The molecular weight excluding hydrogens is 332 g/mol. The first kappa shape index (κ1) is 17.0. The predicted molar refractivity (Wildman–Crippen MR) is 98.6 cm³/mol. The van der Waals surface area contributed by atoms with E-state index in [2.05, 4.69) is 6.07 Å². The molecule has 0 aliphatic carbocycles. The van der Waals surface area contributed by atoms with E-state index >= 15 is 0 Å². The summed E-state index contributed by atoms with van der Waals surface area (Å²) in [6.07, 6.45) is 0. The van der Waals surface area contributed by atoms with E-state index in [-0.39, 0.29) is 11.8 Å². The van der Waals surface area contributed by atoms with E-state index in [1.54, 1.807) is 18.9 Å². The van der Waals surface area contributed by atoms with Gasteiger partial charge < -0.3 is 15.2 Å². The zero-order chi connectivity index (χ0) is 17.8. The predicted octanol–water partition coefficient (Wildman–Crippen LogP) is 4.53. The molecule has 25 heavy (non-hydrogen) atoms. The number of nitrogens with zero attached hydrogens (tertiary/aromatic N) is 1. The molecule has 0 spiro atoms. The molecule has 0 saturated carbocycles. The molecule has 2 aromatic rings. The van der Waals surface area contributed by atoms with Crippen molar-refractivity contribution < 1.29 is 9.47 Å². The molecule has 0 saturated heterocycles. The molecule has 2 aromatic carbocycles. The third-order valence-electron chi connectivity index (χ3n) is 3.97. The summed E-state index contributed by atoms with van der Waals surface area (Å²) in [5, 5.41) is 9.64. The smallest absolute Gasteiger partial charge is 0.205 e. The first-order valence-corrected chi connectivity index (χ1v) is 8.61. The Morgan fingerprint density at radius 2 is 1.80 bits per heavy atom. The van der Waals surface area contributed by atoms with E-state index in [9.17, 15) is 5.26 Å². The molecule has 1 aliphatic rings. The highest BCUT2D eigenvalue weighted by Gasteiger charge is 2.32. The molecule has 1 atom stereocenters. The Hall–Kier alpha value is -2.84. The zero-order valence-corrected chi connectivity index (χ0v) is 14.8. The molecule has 0 fully saturated rings. The number of nitriles is 1. The summed E-state index contributed by atoms with van der Waals surface area (Å²) < 4.78 is 10.9. The average Bonchev–Trinajstić information content (AvgIpc) is 2.64. The van der Waals surface area contributed by atoms with Crippen LogP contribution >= 0.6 is 11.8 Å². The average molecular weight is 350 g/mol. The van der Waals surface area contributed by atoms with E-state index in [0.717, 1.165) is 21.1 Å². The molecule has 4 nitrogen and oxygen atoms in total. The first-order chi connectivity index (χ1) is 12.1. The van der Waals surface area contributed by atoms with Gasteiger partial charge >= 0.3 is 0 Å². The fraction of sp³-hybridized carbons (Fsp3) is 0.150. The zero-order valence-electron chi connectivity index (χ0n) is 14.0. The van der Waals surface area contributed by atoms with E-state index in [1.165, 1.54) is 0 Å². The second-order valence-electron chi connectivity index (χ2n) is 5.53. The van der Waals surface area contributed by atoms with Gasteiger partial charge in [-0.3, -0.25) is 0 Å². The Morgan fingerprint density at radius 1 is 1.12 bits per heavy atom. The topological polar surface area (TPSA) is 68.3 Å². The van der Waals surface area contributed by atoms with Crippen LogP contribution in [0.15, 0.2) is 81.6 Å². The quantitative estimate of drug-likeness (QED) is 0.877. The number of methoxy groups -OCH3 is 1. The summed E-state index contributed by atoms with van der Waals surface area (Å²) in [5.74, 6) is 1.39. The Labute approximate surface area is 151 Å². The lowest BCUT2D eigenvalue weighted by Gasteiger charge is -2.27. The molecule has 126 valence electrons. The molecule has 1 aliphatic heterocycles. The van der Waals surface area contributed by atoms with Gasteiger partial charge in [-0.25, -0.2) is 0 Å². The molecule has 1 unspecified atom stereocenters. The Balaban J connectivity index is 2.06. The van der Waals surface area contributed by atoms with Crippen LogP contribution in [0.5, 0.6) is 5.75 Å². The summed E-state index contributed by atoms with van der Waals surface area (Å²) in [6, 6.07) is 19.9. The SMILES string of the molecule is COc1ccc(C2C(C#N)=C(N)OC(C)=C2Sc2ccccc2)cc1. The van der Waals surface area contributed by atoms with Gasteiger partial charge in [0.15, 0.2) is 0 Å². The molecule has 3 rings (SSSR count). The van der Waals surface area contributed by atoms with E-state index < -0.39 is 0 Å². The van der Waals surface area contributed by atoms with Crippen LogP contribution in [0.4, 0.5) is 0 Å². The number of nitrogens with two attached hydrogens (primary N) is 1. The van der Waals surface area contributed by atoms with E-state index in [1.807, 2.05) is 61.5 Å². The van der Waals surface area contributed by atoms with Crippen LogP contribution in [-0.4, -0.2) is 7.11 Å². The second-order valence-corrected chi connectivity index (χ2v) is 6.65. The maximum Gasteiger partial charge on any atom is 0.205 e. The van der Waals surface area contributed by atoms with Crippen LogP contribution in [0.3, 0.4) is 0 Å². The maximum atomic E-state index is 9.64. The summed E-state index contributed by atoms with van der Waals surface area (Å²) in [7, 11) is 1.63. The minimum Gasteiger partial charge on any atom is -0.497 e. The van der Waals surface area contributed by atoms with Gasteiger partial charge in [-0.2, -0.15) is 5.26 Å². The molecule has 0 bridgehead atoms. The van der Waals surface area contributed by atoms with Crippen LogP contribution in [0, 0.1) is 11.3 Å². The van der Waals surface area contributed by atoms with Crippen LogP contribution in [0.1, 0.15) is 18.4 Å². The van der Waals surface area contributed by atoms with Crippen LogP contribution in [0.2, 0.25) is 0 Å². The molecule has 5 heteroatoms. The normalized spacial score (nSPS) is 17.1. The lowest BCUT2D eigenvalue weighted by molar-refractivity contribution is 0.285. The van der Waals surface area contributed by atoms with Crippen LogP contribution in [0.25, 0.3) is 0 Å². The van der Waals surface area contributed by atoms with Crippen LogP contribution in [-0.2, 0) is 4.74 Å². The van der Waals surface area contributed by atoms with Crippen molar-refractivity contribution in [2.45, 2.75) is 17.7 Å². The highest BCUT2D eigenvalue weighted by molar-refractivity contribution is 8.03. The van der Waals surface area contributed by atoms with E-state index in [4.69, 9.17) is 15.2 Å². The largest absolute Gasteiger partial charge is 0.497 e. The highest BCUT2D eigenvalue weighted by atomic mass is 32.2. The fourth-order valence-electron chi connectivity index (χ4n) is 2.73. The minimum absolute atomic E-state index is 0.165. The fourth-order valence-corrected chi connectivity index (χ4v) is 3.83. The maximum absolute atomic E-state index is 9.64. The van der Waals surface area contributed by atoms with Crippen LogP contribution < -0.4 is 10.5 Å². The van der Waals surface area contributed by atoms with Gasteiger partial charge in [-0.05, 0) is 36.8 Å².